The van der Waals surface area contributed by atoms with Crippen molar-refractivity contribution in [2.75, 3.05) is 22.3 Å². The van der Waals surface area contributed by atoms with Gasteiger partial charge in [-0.2, -0.15) is 0 Å². The second kappa shape index (κ2) is 5.14. The molecule has 1 heterocycles. The van der Waals surface area contributed by atoms with E-state index in [1.807, 2.05) is 17.0 Å². The normalized spacial score (nSPS) is 14.9. The average Bonchev–Trinajstić information content (AvgIpc) is 2.27. The summed E-state index contributed by atoms with van der Waals surface area (Å²) in [7, 11) is 1.66. The van der Waals surface area contributed by atoms with Crippen LogP contribution in [0.2, 0.25) is 0 Å². The molecule has 1 aromatic carbocycles. The fourth-order valence-corrected chi connectivity index (χ4v) is 3.70. The Bertz CT molecular complexity index is 429. The molecule has 0 saturated heterocycles. The third kappa shape index (κ3) is 2.33. The lowest BCUT2D eigenvalue weighted by atomic mass is 10.2. The molecule has 0 radical (unpaired) electrons. The summed E-state index contributed by atoms with van der Waals surface area (Å²) >= 11 is 5.73. The van der Waals surface area contributed by atoms with Crippen LogP contribution >= 0.6 is 46.3 Å². The van der Waals surface area contributed by atoms with Crippen molar-refractivity contribution in [3.8, 4) is 0 Å². The molecule has 0 N–H and O–H groups in total. The lowest BCUT2D eigenvalue weighted by Crippen LogP contribution is -2.40. The number of carbonyl (C=O) groups is 1. The molecule has 0 atom stereocenters. The molecule has 1 aliphatic heterocycles. The van der Waals surface area contributed by atoms with Gasteiger partial charge in [-0.25, -0.2) is 0 Å². The van der Waals surface area contributed by atoms with Gasteiger partial charge in [0.05, 0.1) is 11.4 Å². The van der Waals surface area contributed by atoms with Gasteiger partial charge in [-0.05, 0) is 18.2 Å². The fraction of sp³-hybridized carbons (Fsp3) is 0.300. The molecule has 1 aliphatic rings. The number of amides is 1. The topological polar surface area (TPSA) is 23.6 Å². The Morgan fingerprint density at radius 3 is 2.81 bits per heavy atom. The molecule has 0 spiro atoms. The predicted molar refractivity (Wildman–Crippen MR) is 81.1 cm³/mol. The SMILES string of the molecule is CC(=O)N1CCN(SI)c2cc(Br)ccc21. The van der Waals surface area contributed by atoms with Crippen molar-refractivity contribution < 1.29 is 4.79 Å². The van der Waals surface area contributed by atoms with Crippen LogP contribution in [0.3, 0.4) is 0 Å². The Morgan fingerprint density at radius 2 is 2.19 bits per heavy atom. The van der Waals surface area contributed by atoms with Gasteiger partial charge in [-0.1, -0.05) is 15.9 Å². The van der Waals surface area contributed by atoms with Gasteiger partial charge in [0, 0.05) is 54.8 Å². The van der Waals surface area contributed by atoms with Crippen LogP contribution in [0.25, 0.3) is 0 Å². The molecule has 6 heteroatoms. The van der Waals surface area contributed by atoms with Gasteiger partial charge in [-0.3, -0.25) is 4.79 Å². The number of hydrogen-bond donors (Lipinski definition) is 0. The first-order chi connectivity index (χ1) is 7.63. The van der Waals surface area contributed by atoms with Crippen LogP contribution in [0.4, 0.5) is 11.4 Å². The fourth-order valence-electron chi connectivity index (χ4n) is 1.76. The van der Waals surface area contributed by atoms with Crippen molar-refractivity contribution in [1.82, 2.24) is 0 Å². The molecular weight excluding hydrogens is 403 g/mol. The van der Waals surface area contributed by atoms with Crippen LogP contribution in [0, 0.1) is 0 Å². The second-order valence-electron chi connectivity index (χ2n) is 3.47. The van der Waals surface area contributed by atoms with E-state index < -0.39 is 0 Å². The maximum Gasteiger partial charge on any atom is 0.223 e. The highest BCUT2D eigenvalue weighted by Gasteiger charge is 2.24. The van der Waals surface area contributed by atoms with Crippen molar-refractivity contribution in [3.63, 3.8) is 0 Å². The van der Waals surface area contributed by atoms with E-state index in [9.17, 15) is 4.79 Å². The number of nitrogens with zero attached hydrogens (tertiary/aromatic N) is 2. The van der Waals surface area contributed by atoms with Crippen molar-refractivity contribution in [3.05, 3.63) is 22.7 Å². The highest BCUT2D eigenvalue weighted by Crippen LogP contribution is 2.40. The van der Waals surface area contributed by atoms with Crippen LogP contribution in [0.15, 0.2) is 22.7 Å². The third-order valence-corrected chi connectivity index (χ3v) is 4.95. The molecule has 1 aromatic rings. The Hall–Kier alpha value is 0.0500. The Morgan fingerprint density at radius 1 is 1.44 bits per heavy atom. The van der Waals surface area contributed by atoms with Crippen LogP contribution < -0.4 is 9.21 Å². The summed E-state index contributed by atoms with van der Waals surface area (Å²) < 4.78 is 3.23. The summed E-state index contributed by atoms with van der Waals surface area (Å²) in [5.41, 5.74) is 2.08. The second-order valence-corrected chi connectivity index (χ2v) is 6.15. The van der Waals surface area contributed by atoms with Gasteiger partial charge >= 0.3 is 0 Å². The van der Waals surface area contributed by atoms with Gasteiger partial charge < -0.3 is 9.21 Å². The highest BCUT2D eigenvalue weighted by molar-refractivity contribution is 14.2. The molecule has 16 heavy (non-hydrogen) atoms. The summed E-state index contributed by atoms with van der Waals surface area (Å²) in [6, 6.07) is 6.01. The monoisotopic (exact) mass is 412 g/mol. The summed E-state index contributed by atoms with van der Waals surface area (Å²) in [5, 5.41) is 0. The van der Waals surface area contributed by atoms with Gasteiger partial charge in [0.15, 0.2) is 0 Å². The first-order valence-electron chi connectivity index (χ1n) is 4.77. The Balaban J connectivity index is 2.48. The van der Waals surface area contributed by atoms with Gasteiger partial charge in [0.1, 0.15) is 0 Å². The van der Waals surface area contributed by atoms with E-state index in [-0.39, 0.29) is 5.91 Å². The van der Waals surface area contributed by atoms with Crippen molar-refractivity contribution in [1.29, 1.82) is 0 Å². The van der Waals surface area contributed by atoms with E-state index in [1.54, 1.807) is 16.0 Å². The lowest BCUT2D eigenvalue weighted by Gasteiger charge is -2.35. The first-order valence-corrected chi connectivity index (χ1v) is 8.88. The average molecular weight is 413 g/mol. The number of rotatable bonds is 1. The molecule has 0 aromatic heterocycles. The number of anilines is 2. The molecule has 2 rings (SSSR count). The standard InChI is InChI=1S/C10H10BrIN2OS/c1-7(15)13-4-5-14(16-12)10-6-8(11)2-3-9(10)13/h2-3,6H,4-5H2,1H3. The summed E-state index contributed by atoms with van der Waals surface area (Å²) in [6.07, 6.45) is 0. The van der Waals surface area contributed by atoms with Gasteiger partial charge in [0.2, 0.25) is 5.91 Å². The summed E-state index contributed by atoms with van der Waals surface area (Å²) in [6.45, 7) is 3.22. The Labute approximate surface area is 119 Å². The molecule has 0 aliphatic carbocycles. The van der Waals surface area contributed by atoms with Crippen LogP contribution in [-0.2, 0) is 4.79 Å². The zero-order valence-electron chi connectivity index (χ0n) is 8.61. The van der Waals surface area contributed by atoms with E-state index in [0.29, 0.717) is 0 Å². The highest BCUT2D eigenvalue weighted by atomic mass is 127. The van der Waals surface area contributed by atoms with Crippen molar-refractivity contribution in [2.24, 2.45) is 0 Å². The zero-order chi connectivity index (χ0) is 11.7. The smallest absolute Gasteiger partial charge is 0.223 e. The van der Waals surface area contributed by atoms with Crippen LogP contribution in [0.5, 0.6) is 0 Å². The Kier molecular flexibility index (Phi) is 4.01. The van der Waals surface area contributed by atoms with E-state index in [4.69, 9.17) is 0 Å². The van der Waals surface area contributed by atoms with Crippen LogP contribution in [-0.4, -0.2) is 19.0 Å². The molecule has 0 saturated carbocycles. The summed E-state index contributed by atoms with van der Waals surface area (Å²) in [5.74, 6) is 0.0988. The minimum Gasteiger partial charge on any atom is -0.309 e. The first kappa shape index (κ1) is 12.5. The molecule has 0 unspecified atom stereocenters. The molecule has 0 bridgehead atoms. The maximum absolute atomic E-state index is 11.5. The third-order valence-electron chi connectivity index (χ3n) is 2.49. The summed E-state index contributed by atoms with van der Waals surface area (Å²) in [4.78, 5) is 13.4. The lowest BCUT2D eigenvalue weighted by molar-refractivity contribution is -0.116. The number of benzene rings is 1. The quantitative estimate of drug-likeness (QED) is 0.519. The minimum atomic E-state index is 0.0988. The molecular formula is C10H10BrIN2OS. The van der Waals surface area contributed by atoms with Gasteiger partial charge in [0.25, 0.3) is 0 Å². The van der Waals surface area contributed by atoms with E-state index in [0.717, 1.165) is 28.9 Å². The van der Waals surface area contributed by atoms with Crippen molar-refractivity contribution in [2.45, 2.75) is 6.92 Å². The predicted octanol–water partition coefficient (Wildman–Crippen LogP) is 3.62. The minimum absolute atomic E-state index is 0.0988. The number of fused-ring (bicyclic) bond motifs is 1. The number of carbonyl (C=O) groups excluding carboxylic acids is 1. The number of halogens is 2. The molecule has 0 fully saturated rings. The van der Waals surface area contributed by atoms with Gasteiger partial charge in [-0.15, -0.1) is 0 Å². The molecule has 86 valence electrons. The van der Waals surface area contributed by atoms with E-state index >= 15 is 0 Å². The largest absolute Gasteiger partial charge is 0.309 e. The maximum atomic E-state index is 11.5. The van der Waals surface area contributed by atoms with E-state index in [2.05, 4.69) is 47.5 Å². The number of hydrogen-bond acceptors (Lipinski definition) is 3. The van der Waals surface area contributed by atoms with E-state index in [1.165, 1.54) is 0 Å². The molecule has 3 nitrogen and oxygen atoms in total. The zero-order valence-corrected chi connectivity index (χ0v) is 13.2. The van der Waals surface area contributed by atoms with Crippen molar-refractivity contribution >= 4 is 63.5 Å². The van der Waals surface area contributed by atoms with Crippen LogP contribution in [0.1, 0.15) is 6.92 Å². The molecule has 1 amide bonds.